The number of rotatable bonds is 6. The molecule has 0 aromatic heterocycles. The van der Waals surface area contributed by atoms with E-state index in [0.717, 1.165) is 4.90 Å². The number of amides is 2. The van der Waals surface area contributed by atoms with Gasteiger partial charge >= 0.3 is 5.97 Å². The van der Waals surface area contributed by atoms with E-state index in [1.165, 1.54) is 6.08 Å². The van der Waals surface area contributed by atoms with Gasteiger partial charge in [0.1, 0.15) is 5.92 Å². The van der Waals surface area contributed by atoms with Crippen LogP contribution >= 0.6 is 0 Å². The van der Waals surface area contributed by atoms with Gasteiger partial charge in [0.05, 0.1) is 25.4 Å². The van der Waals surface area contributed by atoms with E-state index in [0.29, 0.717) is 24.4 Å². The fraction of sp³-hybridized carbons (Fsp3) is 0.421. The lowest BCUT2D eigenvalue weighted by Gasteiger charge is -2.32. The van der Waals surface area contributed by atoms with Crippen molar-refractivity contribution in [2.75, 3.05) is 26.4 Å². The molecule has 1 saturated heterocycles. The van der Waals surface area contributed by atoms with E-state index in [2.05, 4.69) is 0 Å². The van der Waals surface area contributed by atoms with Crippen LogP contribution in [-0.2, 0) is 28.6 Å². The van der Waals surface area contributed by atoms with Gasteiger partial charge in [0.25, 0.3) is 11.8 Å². The number of hydrogen-bond donors (Lipinski definition) is 0. The molecule has 7 heteroatoms. The Labute approximate surface area is 151 Å². The number of imide groups is 1. The predicted molar refractivity (Wildman–Crippen MR) is 91.6 cm³/mol. The van der Waals surface area contributed by atoms with E-state index < -0.39 is 29.5 Å². The zero-order chi connectivity index (χ0) is 18.7. The molecule has 1 unspecified atom stereocenters. The SMILES string of the molecule is CCOC(=O)C(CN1C(=O)C=C(c2ccccc2)C1=O)C1(C)OCCO1. The maximum Gasteiger partial charge on any atom is 0.316 e. The summed E-state index contributed by atoms with van der Waals surface area (Å²) < 4.78 is 16.3. The third-order valence-electron chi connectivity index (χ3n) is 4.52. The maximum absolute atomic E-state index is 12.8. The Balaban J connectivity index is 1.82. The molecule has 2 aliphatic rings. The van der Waals surface area contributed by atoms with Crippen LogP contribution in [0.25, 0.3) is 5.57 Å². The topological polar surface area (TPSA) is 82.1 Å². The third-order valence-corrected chi connectivity index (χ3v) is 4.52. The number of carbonyl (C=O) groups excluding carboxylic acids is 3. The molecule has 3 rings (SSSR count). The van der Waals surface area contributed by atoms with Crippen molar-refractivity contribution < 1.29 is 28.6 Å². The molecule has 0 bridgehead atoms. The molecular formula is C19H21NO6. The maximum atomic E-state index is 12.8. The smallest absolute Gasteiger partial charge is 0.316 e. The van der Waals surface area contributed by atoms with Gasteiger partial charge in [0, 0.05) is 12.6 Å². The molecule has 138 valence electrons. The van der Waals surface area contributed by atoms with Gasteiger partial charge in [-0.2, -0.15) is 0 Å². The summed E-state index contributed by atoms with van der Waals surface area (Å²) in [5.74, 6) is -3.64. The fourth-order valence-electron chi connectivity index (χ4n) is 3.12. The molecule has 7 nitrogen and oxygen atoms in total. The van der Waals surface area contributed by atoms with Gasteiger partial charge in [-0.3, -0.25) is 19.3 Å². The minimum atomic E-state index is -1.23. The van der Waals surface area contributed by atoms with Gasteiger partial charge in [-0.05, 0) is 19.4 Å². The Morgan fingerprint density at radius 3 is 2.50 bits per heavy atom. The lowest BCUT2D eigenvalue weighted by atomic mass is 9.99. The number of benzene rings is 1. The number of hydrogen-bond acceptors (Lipinski definition) is 6. The van der Waals surface area contributed by atoms with Crippen LogP contribution in [-0.4, -0.2) is 54.8 Å². The standard InChI is InChI=1S/C19H21NO6/c1-3-24-18(23)15(19(2)25-9-10-26-19)12-20-16(21)11-14(17(20)22)13-7-5-4-6-8-13/h4-8,11,15H,3,9-10,12H2,1-2H3. The zero-order valence-corrected chi connectivity index (χ0v) is 14.8. The molecular weight excluding hydrogens is 338 g/mol. The first-order valence-corrected chi connectivity index (χ1v) is 8.53. The summed E-state index contributed by atoms with van der Waals surface area (Å²) in [4.78, 5) is 38.6. The van der Waals surface area contributed by atoms with Crippen LogP contribution in [0.2, 0.25) is 0 Å². The van der Waals surface area contributed by atoms with Gasteiger partial charge in [0.15, 0.2) is 5.79 Å². The van der Waals surface area contributed by atoms with E-state index in [1.807, 2.05) is 6.07 Å². The van der Waals surface area contributed by atoms with Gasteiger partial charge in [-0.1, -0.05) is 30.3 Å². The van der Waals surface area contributed by atoms with Crippen molar-refractivity contribution in [1.82, 2.24) is 4.90 Å². The first-order chi connectivity index (χ1) is 12.5. The molecule has 0 radical (unpaired) electrons. The molecule has 1 atom stereocenters. The van der Waals surface area contributed by atoms with Crippen molar-refractivity contribution >= 4 is 23.4 Å². The van der Waals surface area contributed by atoms with Crippen molar-refractivity contribution in [3.8, 4) is 0 Å². The summed E-state index contributed by atoms with van der Waals surface area (Å²) in [5.41, 5.74) is 0.956. The highest BCUT2D eigenvalue weighted by Gasteiger charge is 2.48. The van der Waals surface area contributed by atoms with Crippen LogP contribution < -0.4 is 0 Å². The second kappa shape index (κ2) is 7.39. The molecule has 2 amide bonds. The van der Waals surface area contributed by atoms with Gasteiger partial charge < -0.3 is 14.2 Å². The molecule has 2 aliphatic heterocycles. The monoisotopic (exact) mass is 359 g/mol. The summed E-state index contributed by atoms with van der Waals surface area (Å²) in [7, 11) is 0. The molecule has 1 aromatic carbocycles. The van der Waals surface area contributed by atoms with Crippen molar-refractivity contribution in [3.63, 3.8) is 0 Å². The van der Waals surface area contributed by atoms with E-state index in [1.54, 1.807) is 38.1 Å². The minimum Gasteiger partial charge on any atom is -0.466 e. The summed E-state index contributed by atoms with van der Waals surface area (Å²) in [6, 6.07) is 8.93. The summed E-state index contributed by atoms with van der Waals surface area (Å²) >= 11 is 0. The molecule has 1 fully saturated rings. The minimum absolute atomic E-state index is 0.167. The van der Waals surface area contributed by atoms with E-state index in [9.17, 15) is 14.4 Å². The van der Waals surface area contributed by atoms with Crippen molar-refractivity contribution in [2.45, 2.75) is 19.6 Å². The number of ether oxygens (including phenoxy) is 3. The second-order valence-electron chi connectivity index (χ2n) is 6.20. The van der Waals surface area contributed by atoms with Crippen LogP contribution in [0.15, 0.2) is 36.4 Å². The molecule has 0 spiro atoms. The third kappa shape index (κ3) is 3.40. The Bertz CT molecular complexity index is 736. The Morgan fingerprint density at radius 1 is 1.23 bits per heavy atom. The van der Waals surface area contributed by atoms with Crippen LogP contribution in [0.1, 0.15) is 19.4 Å². The molecule has 2 heterocycles. The lowest BCUT2D eigenvalue weighted by molar-refractivity contribution is -0.202. The Morgan fingerprint density at radius 2 is 1.88 bits per heavy atom. The number of nitrogens with zero attached hydrogens (tertiary/aromatic N) is 1. The lowest BCUT2D eigenvalue weighted by Crippen LogP contribution is -2.49. The van der Waals surface area contributed by atoms with Crippen LogP contribution in [0.4, 0.5) is 0 Å². The fourth-order valence-corrected chi connectivity index (χ4v) is 3.12. The van der Waals surface area contributed by atoms with Crippen LogP contribution in [0, 0.1) is 5.92 Å². The van der Waals surface area contributed by atoms with Crippen LogP contribution in [0.5, 0.6) is 0 Å². The average Bonchev–Trinajstić information content (AvgIpc) is 3.18. The van der Waals surface area contributed by atoms with Gasteiger partial charge in [-0.15, -0.1) is 0 Å². The van der Waals surface area contributed by atoms with Gasteiger partial charge in [0.2, 0.25) is 0 Å². The largest absolute Gasteiger partial charge is 0.466 e. The molecule has 0 aliphatic carbocycles. The molecule has 0 N–H and O–H groups in total. The van der Waals surface area contributed by atoms with E-state index in [4.69, 9.17) is 14.2 Å². The Kier molecular flexibility index (Phi) is 5.20. The van der Waals surface area contributed by atoms with E-state index in [-0.39, 0.29) is 13.2 Å². The van der Waals surface area contributed by atoms with Crippen molar-refractivity contribution in [2.24, 2.45) is 5.92 Å². The highest BCUT2D eigenvalue weighted by molar-refractivity contribution is 6.33. The number of esters is 1. The second-order valence-corrected chi connectivity index (χ2v) is 6.20. The number of carbonyl (C=O) groups is 3. The van der Waals surface area contributed by atoms with Crippen molar-refractivity contribution in [3.05, 3.63) is 42.0 Å². The average molecular weight is 359 g/mol. The normalized spacial score (nSPS) is 20.2. The van der Waals surface area contributed by atoms with E-state index >= 15 is 0 Å². The van der Waals surface area contributed by atoms with Crippen LogP contribution in [0.3, 0.4) is 0 Å². The molecule has 26 heavy (non-hydrogen) atoms. The highest BCUT2D eigenvalue weighted by Crippen LogP contribution is 2.32. The van der Waals surface area contributed by atoms with Gasteiger partial charge in [-0.25, -0.2) is 0 Å². The summed E-state index contributed by atoms with van der Waals surface area (Å²) in [6.07, 6.45) is 1.29. The summed E-state index contributed by atoms with van der Waals surface area (Å²) in [6.45, 7) is 4.00. The van der Waals surface area contributed by atoms with Crippen molar-refractivity contribution in [1.29, 1.82) is 0 Å². The molecule has 0 saturated carbocycles. The zero-order valence-electron chi connectivity index (χ0n) is 14.8. The quantitative estimate of drug-likeness (QED) is 0.564. The predicted octanol–water partition coefficient (Wildman–Crippen LogP) is 1.38. The highest BCUT2D eigenvalue weighted by atomic mass is 16.7. The Hall–Kier alpha value is -2.51. The first kappa shape index (κ1) is 18.3. The first-order valence-electron chi connectivity index (χ1n) is 8.53. The summed E-state index contributed by atoms with van der Waals surface area (Å²) in [5, 5.41) is 0. The molecule has 1 aromatic rings.